The fourth-order valence-corrected chi connectivity index (χ4v) is 1.25. The molecule has 0 aromatic rings. The van der Waals surface area contributed by atoms with E-state index in [0.717, 1.165) is 13.2 Å². The number of carbonyl (C=O) groups is 2. The first kappa shape index (κ1) is 13.9. The molecule has 1 aliphatic rings. The van der Waals surface area contributed by atoms with E-state index in [2.05, 4.69) is 0 Å². The van der Waals surface area contributed by atoms with Crippen molar-refractivity contribution in [3.63, 3.8) is 0 Å². The van der Waals surface area contributed by atoms with Crippen LogP contribution in [-0.4, -0.2) is 35.4 Å². The van der Waals surface area contributed by atoms with Gasteiger partial charge >= 0.3 is 11.9 Å². The topological polar surface area (TPSA) is 83.8 Å². The standard InChI is InChI=1S/C6H8O4.C4H10O/c7-4(8)6(5(9)10)2-1-3-6;1-3-5-4-2/h1-3H2,(H,7,8)(H,9,10);3-4H2,1-2H3. The molecular weight excluding hydrogens is 200 g/mol. The van der Waals surface area contributed by atoms with Crippen molar-refractivity contribution in [3.05, 3.63) is 0 Å². The van der Waals surface area contributed by atoms with Crippen molar-refractivity contribution in [1.82, 2.24) is 0 Å². The monoisotopic (exact) mass is 218 g/mol. The van der Waals surface area contributed by atoms with Crippen LogP contribution in [0.25, 0.3) is 0 Å². The van der Waals surface area contributed by atoms with Crippen LogP contribution in [0.4, 0.5) is 0 Å². The maximum Gasteiger partial charge on any atom is 0.321 e. The molecule has 2 N–H and O–H groups in total. The molecule has 15 heavy (non-hydrogen) atoms. The van der Waals surface area contributed by atoms with Gasteiger partial charge in [-0.05, 0) is 33.1 Å². The highest BCUT2D eigenvalue weighted by atomic mass is 16.5. The molecule has 0 heterocycles. The number of hydrogen-bond donors (Lipinski definition) is 2. The third kappa shape index (κ3) is 3.51. The summed E-state index contributed by atoms with van der Waals surface area (Å²) in [5.74, 6) is -2.41. The zero-order valence-electron chi connectivity index (χ0n) is 9.15. The van der Waals surface area contributed by atoms with E-state index in [1.165, 1.54) is 0 Å². The minimum atomic E-state index is -1.44. The summed E-state index contributed by atoms with van der Waals surface area (Å²) in [6.07, 6.45) is 1.26. The molecule has 5 nitrogen and oxygen atoms in total. The van der Waals surface area contributed by atoms with Gasteiger partial charge in [-0.3, -0.25) is 9.59 Å². The van der Waals surface area contributed by atoms with Gasteiger partial charge in [0.1, 0.15) is 0 Å². The summed E-state index contributed by atoms with van der Waals surface area (Å²) in [6.45, 7) is 5.67. The summed E-state index contributed by atoms with van der Waals surface area (Å²) in [5.41, 5.74) is -1.44. The number of rotatable bonds is 4. The Morgan fingerprint density at radius 2 is 1.53 bits per heavy atom. The molecule has 1 fully saturated rings. The first-order chi connectivity index (χ1) is 7.01. The predicted molar refractivity (Wildman–Crippen MR) is 53.7 cm³/mol. The van der Waals surface area contributed by atoms with Gasteiger partial charge in [0.05, 0.1) is 0 Å². The molecule has 88 valence electrons. The van der Waals surface area contributed by atoms with E-state index in [9.17, 15) is 9.59 Å². The lowest BCUT2D eigenvalue weighted by Gasteiger charge is -2.32. The van der Waals surface area contributed by atoms with Crippen molar-refractivity contribution >= 4 is 11.9 Å². The average Bonchev–Trinajstić information content (AvgIpc) is 2.02. The van der Waals surface area contributed by atoms with Crippen molar-refractivity contribution in [2.24, 2.45) is 5.41 Å². The minimum Gasteiger partial charge on any atom is -0.480 e. The second-order valence-electron chi connectivity index (χ2n) is 3.33. The summed E-state index contributed by atoms with van der Waals surface area (Å²) in [7, 11) is 0. The molecule has 0 spiro atoms. The first-order valence-corrected chi connectivity index (χ1v) is 5.05. The summed E-state index contributed by atoms with van der Waals surface area (Å²) >= 11 is 0. The molecule has 0 unspecified atom stereocenters. The van der Waals surface area contributed by atoms with E-state index in [1.54, 1.807) is 0 Å². The van der Waals surface area contributed by atoms with E-state index in [1.807, 2.05) is 13.8 Å². The molecule has 0 aromatic heterocycles. The Kier molecular flexibility index (Phi) is 5.93. The van der Waals surface area contributed by atoms with E-state index in [0.29, 0.717) is 6.42 Å². The van der Waals surface area contributed by atoms with E-state index in [-0.39, 0.29) is 12.8 Å². The smallest absolute Gasteiger partial charge is 0.321 e. The Hall–Kier alpha value is -1.10. The highest BCUT2D eigenvalue weighted by molar-refractivity contribution is 5.99. The fourth-order valence-electron chi connectivity index (χ4n) is 1.25. The van der Waals surface area contributed by atoms with Crippen LogP contribution in [0.15, 0.2) is 0 Å². The van der Waals surface area contributed by atoms with Crippen molar-refractivity contribution in [2.45, 2.75) is 33.1 Å². The van der Waals surface area contributed by atoms with Crippen LogP contribution in [0, 0.1) is 5.41 Å². The molecule has 5 heteroatoms. The maximum absolute atomic E-state index is 10.4. The SMILES string of the molecule is CCOCC.O=C(O)C1(C(=O)O)CCC1. The molecule has 0 saturated heterocycles. The number of ether oxygens (including phenoxy) is 1. The average molecular weight is 218 g/mol. The highest BCUT2D eigenvalue weighted by Gasteiger charge is 2.51. The molecular formula is C10H18O5. The fraction of sp³-hybridized carbons (Fsp3) is 0.800. The van der Waals surface area contributed by atoms with Gasteiger partial charge in [0.2, 0.25) is 0 Å². The zero-order chi connectivity index (χ0) is 11.9. The Morgan fingerprint density at radius 1 is 1.13 bits per heavy atom. The zero-order valence-corrected chi connectivity index (χ0v) is 9.15. The van der Waals surface area contributed by atoms with Crippen molar-refractivity contribution in [3.8, 4) is 0 Å². The van der Waals surface area contributed by atoms with Gasteiger partial charge in [-0.2, -0.15) is 0 Å². The molecule has 0 bridgehead atoms. The van der Waals surface area contributed by atoms with Crippen molar-refractivity contribution in [1.29, 1.82) is 0 Å². The van der Waals surface area contributed by atoms with Crippen LogP contribution < -0.4 is 0 Å². The van der Waals surface area contributed by atoms with Gasteiger partial charge in [0.15, 0.2) is 5.41 Å². The van der Waals surface area contributed by atoms with Crippen LogP contribution in [-0.2, 0) is 14.3 Å². The van der Waals surface area contributed by atoms with Gasteiger partial charge in [-0.25, -0.2) is 0 Å². The lowest BCUT2D eigenvalue weighted by molar-refractivity contribution is -0.171. The van der Waals surface area contributed by atoms with Crippen molar-refractivity contribution in [2.75, 3.05) is 13.2 Å². The Labute approximate surface area is 89.0 Å². The van der Waals surface area contributed by atoms with E-state index in [4.69, 9.17) is 14.9 Å². The molecule has 0 aliphatic heterocycles. The second kappa shape index (κ2) is 6.40. The van der Waals surface area contributed by atoms with Crippen LogP contribution in [0.2, 0.25) is 0 Å². The molecule has 1 saturated carbocycles. The molecule has 1 aliphatic carbocycles. The van der Waals surface area contributed by atoms with Gasteiger partial charge in [0.25, 0.3) is 0 Å². The van der Waals surface area contributed by atoms with Crippen molar-refractivity contribution < 1.29 is 24.5 Å². The van der Waals surface area contributed by atoms with Gasteiger partial charge in [-0.1, -0.05) is 0 Å². The Bertz CT molecular complexity index is 202. The lowest BCUT2D eigenvalue weighted by atomic mass is 9.69. The number of carboxylic acids is 2. The van der Waals surface area contributed by atoms with Gasteiger partial charge in [0, 0.05) is 13.2 Å². The Balaban J connectivity index is 0.000000336. The normalized spacial score (nSPS) is 16.9. The second-order valence-corrected chi connectivity index (χ2v) is 3.33. The van der Waals surface area contributed by atoms with E-state index < -0.39 is 17.4 Å². The van der Waals surface area contributed by atoms with Crippen LogP contribution in [0.3, 0.4) is 0 Å². The number of hydrogen-bond acceptors (Lipinski definition) is 3. The third-order valence-corrected chi connectivity index (χ3v) is 2.43. The highest BCUT2D eigenvalue weighted by Crippen LogP contribution is 2.41. The summed E-state index contributed by atoms with van der Waals surface area (Å²) < 4.78 is 4.83. The lowest BCUT2D eigenvalue weighted by Crippen LogP contribution is -2.44. The molecule has 0 atom stereocenters. The first-order valence-electron chi connectivity index (χ1n) is 5.05. The third-order valence-electron chi connectivity index (χ3n) is 2.43. The maximum atomic E-state index is 10.4. The van der Waals surface area contributed by atoms with E-state index >= 15 is 0 Å². The summed E-state index contributed by atoms with van der Waals surface area (Å²) in [6, 6.07) is 0. The van der Waals surface area contributed by atoms with Gasteiger partial charge in [-0.15, -0.1) is 0 Å². The quantitative estimate of drug-likeness (QED) is 0.696. The largest absolute Gasteiger partial charge is 0.480 e. The van der Waals surface area contributed by atoms with Crippen LogP contribution in [0.1, 0.15) is 33.1 Å². The van der Waals surface area contributed by atoms with Crippen LogP contribution in [0.5, 0.6) is 0 Å². The van der Waals surface area contributed by atoms with Crippen LogP contribution >= 0.6 is 0 Å². The number of carboxylic acid groups (broad SMARTS) is 2. The molecule has 0 radical (unpaired) electrons. The summed E-state index contributed by atoms with van der Waals surface area (Å²) in [5, 5.41) is 16.9. The minimum absolute atomic E-state index is 0.275. The molecule has 0 amide bonds. The Morgan fingerprint density at radius 3 is 1.53 bits per heavy atom. The molecule has 1 rings (SSSR count). The summed E-state index contributed by atoms with van der Waals surface area (Å²) in [4.78, 5) is 20.7. The molecule has 0 aromatic carbocycles. The predicted octanol–water partition coefficient (Wildman–Crippen LogP) is 1.37. The van der Waals surface area contributed by atoms with Gasteiger partial charge < -0.3 is 14.9 Å². The number of aliphatic carboxylic acids is 2.